The van der Waals surface area contributed by atoms with Crippen molar-refractivity contribution in [2.75, 3.05) is 6.54 Å². The summed E-state index contributed by atoms with van der Waals surface area (Å²) in [4.78, 5) is 0. The molecule has 0 saturated carbocycles. The Balaban J connectivity index is 2.62. The van der Waals surface area contributed by atoms with Crippen LogP contribution >= 0.6 is 0 Å². The van der Waals surface area contributed by atoms with Crippen LogP contribution in [0.15, 0.2) is 24.3 Å². The SMILES string of the molecule is CCC(O)(CC)CNC(C)c1ccccc1O. The van der Waals surface area contributed by atoms with Crippen molar-refractivity contribution in [3.05, 3.63) is 29.8 Å². The summed E-state index contributed by atoms with van der Waals surface area (Å²) in [5, 5.41) is 23.2. The summed E-state index contributed by atoms with van der Waals surface area (Å²) in [5.41, 5.74) is 0.209. The molecule has 0 fully saturated rings. The number of phenols is 1. The van der Waals surface area contributed by atoms with Gasteiger partial charge in [-0.05, 0) is 25.8 Å². The van der Waals surface area contributed by atoms with Crippen LogP contribution in [0.3, 0.4) is 0 Å². The monoisotopic (exact) mass is 237 g/mol. The van der Waals surface area contributed by atoms with Crippen molar-refractivity contribution in [1.29, 1.82) is 0 Å². The average Bonchev–Trinajstić information content (AvgIpc) is 2.36. The van der Waals surface area contributed by atoms with Gasteiger partial charge in [-0.2, -0.15) is 0 Å². The van der Waals surface area contributed by atoms with Crippen molar-refractivity contribution in [1.82, 2.24) is 5.32 Å². The fraction of sp³-hybridized carbons (Fsp3) is 0.571. The van der Waals surface area contributed by atoms with Crippen LogP contribution in [0.4, 0.5) is 0 Å². The van der Waals surface area contributed by atoms with Crippen molar-refractivity contribution in [3.8, 4) is 5.75 Å². The molecule has 0 radical (unpaired) electrons. The minimum absolute atomic E-state index is 0.0285. The Morgan fingerprint density at radius 2 is 1.82 bits per heavy atom. The highest BCUT2D eigenvalue weighted by atomic mass is 16.3. The van der Waals surface area contributed by atoms with E-state index in [-0.39, 0.29) is 6.04 Å². The zero-order chi connectivity index (χ0) is 12.9. The molecule has 0 saturated heterocycles. The predicted octanol–water partition coefficient (Wildman–Crippen LogP) is 2.59. The van der Waals surface area contributed by atoms with Crippen molar-refractivity contribution in [2.24, 2.45) is 0 Å². The first-order valence-electron chi connectivity index (χ1n) is 6.26. The van der Waals surface area contributed by atoms with Gasteiger partial charge in [0.05, 0.1) is 5.60 Å². The highest BCUT2D eigenvalue weighted by Gasteiger charge is 2.23. The van der Waals surface area contributed by atoms with Crippen molar-refractivity contribution in [3.63, 3.8) is 0 Å². The van der Waals surface area contributed by atoms with Crippen molar-refractivity contribution in [2.45, 2.75) is 45.3 Å². The lowest BCUT2D eigenvalue weighted by molar-refractivity contribution is 0.0302. The summed E-state index contributed by atoms with van der Waals surface area (Å²) in [6, 6.07) is 7.31. The number of aromatic hydroxyl groups is 1. The van der Waals surface area contributed by atoms with Gasteiger partial charge in [0.2, 0.25) is 0 Å². The van der Waals surface area contributed by atoms with Crippen LogP contribution < -0.4 is 5.32 Å². The van der Waals surface area contributed by atoms with E-state index in [4.69, 9.17) is 0 Å². The number of phenolic OH excluding ortho intramolecular Hbond substituents is 1. The second-order valence-corrected chi connectivity index (χ2v) is 4.59. The molecule has 1 aromatic carbocycles. The van der Waals surface area contributed by atoms with Gasteiger partial charge in [-0.25, -0.2) is 0 Å². The van der Waals surface area contributed by atoms with E-state index in [0.29, 0.717) is 12.3 Å². The Bertz CT molecular complexity index is 348. The molecular formula is C14H23NO2. The van der Waals surface area contributed by atoms with Gasteiger partial charge in [-0.3, -0.25) is 0 Å². The third-order valence-corrected chi connectivity index (χ3v) is 3.46. The molecule has 3 heteroatoms. The van der Waals surface area contributed by atoms with Gasteiger partial charge < -0.3 is 15.5 Å². The second kappa shape index (κ2) is 6.03. The third kappa shape index (κ3) is 3.72. The minimum atomic E-state index is -0.654. The number of hydrogen-bond donors (Lipinski definition) is 3. The molecule has 1 atom stereocenters. The lowest BCUT2D eigenvalue weighted by Gasteiger charge is -2.28. The standard InChI is InChI=1S/C14H23NO2/c1-4-14(17,5-2)10-15-11(3)12-8-6-7-9-13(12)16/h6-9,11,15-17H,4-5,10H2,1-3H3. The lowest BCUT2D eigenvalue weighted by Crippen LogP contribution is -2.40. The molecule has 3 nitrogen and oxygen atoms in total. The fourth-order valence-corrected chi connectivity index (χ4v) is 1.81. The predicted molar refractivity (Wildman–Crippen MR) is 70.1 cm³/mol. The summed E-state index contributed by atoms with van der Waals surface area (Å²) in [7, 11) is 0. The maximum absolute atomic E-state index is 10.2. The van der Waals surface area contributed by atoms with Crippen LogP contribution in [0.1, 0.15) is 45.2 Å². The lowest BCUT2D eigenvalue weighted by atomic mass is 9.96. The maximum atomic E-state index is 10.2. The van der Waals surface area contributed by atoms with Gasteiger partial charge in [0.1, 0.15) is 5.75 Å². The highest BCUT2D eigenvalue weighted by molar-refractivity contribution is 5.34. The van der Waals surface area contributed by atoms with Gasteiger partial charge in [0, 0.05) is 18.2 Å². The number of benzene rings is 1. The molecule has 0 aliphatic rings. The van der Waals surface area contributed by atoms with E-state index in [0.717, 1.165) is 18.4 Å². The van der Waals surface area contributed by atoms with Crippen LogP contribution in [0.5, 0.6) is 5.75 Å². The molecule has 1 unspecified atom stereocenters. The molecule has 0 bridgehead atoms. The second-order valence-electron chi connectivity index (χ2n) is 4.59. The summed E-state index contributed by atoms with van der Waals surface area (Å²) in [6.07, 6.45) is 1.45. The fourth-order valence-electron chi connectivity index (χ4n) is 1.81. The summed E-state index contributed by atoms with van der Waals surface area (Å²) in [6.45, 7) is 6.49. The number of rotatable bonds is 6. The van der Waals surface area contributed by atoms with Crippen molar-refractivity contribution >= 4 is 0 Å². The number of para-hydroxylation sites is 1. The Labute approximate surface area is 103 Å². The number of nitrogens with one attached hydrogen (secondary N) is 1. The molecule has 1 aromatic rings. The summed E-state index contributed by atoms with van der Waals surface area (Å²) in [5.74, 6) is 0.295. The average molecular weight is 237 g/mol. The van der Waals surface area contributed by atoms with Gasteiger partial charge >= 0.3 is 0 Å². The topological polar surface area (TPSA) is 52.5 Å². The molecule has 0 spiro atoms. The van der Waals surface area contributed by atoms with E-state index < -0.39 is 5.60 Å². The Morgan fingerprint density at radius 1 is 1.24 bits per heavy atom. The molecule has 0 aliphatic carbocycles. The van der Waals surface area contributed by atoms with Crippen LogP contribution in [-0.4, -0.2) is 22.4 Å². The zero-order valence-corrected chi connectivity index (χ0v) is 10.9. The Hall–Kier alpha value is -1.06. The summed E-state index contributed by atoms with van der Waals surface area (Å²) < 4.78 is 0. The molecule has 0 amide bonds. The minimum Gasteiger partial charge on any atom is -0.508 e. The first-order chi connectivity index (χ1) is 8.02. The van der Waals surface area contributed by atoms with E-state index in [9.17, 15) is 10.2 Å². The molecule has 0 aromatic heterocycles. The summed E-state index contributed by atoms with van der Waals surface area (Å²) >= 11 is 0. The molecule has 3 N–H and O–H groups in total. The van der Waals surface area contributed by atoms with E-state index in [1.807, 2.05) is 32.9 Å². The molecule has 96 valence electrons. The van der Waals surface area contributed by atoms with Crippen LogP contribution in [-0.2, 0) is 0 Å². The van der Waals surface area contributed by atoms with E-state index in [1.54, 1.807) is 12.1 Å². The zero-order valence-electron chi connectivity index (χ0n) is 10.9. The molecule has 17 heavy (non-hydrogen) atoms. The largest absolute Gasteiger partial charge is 0.508 e. The number of hydrogen-bond acceptors (Lipinski definition) is 3. The van der Waals surface area contributed by atoms with E-state index in [1.165, 1.54) is 0 Å². The van der Waals surface area contributed by atoms with Gasteiger partial charge in [-0.1, -0.05) is 32.0 Å². The molecule has 0 aliphatic heterocycles. The third-order valence-electron chi connectivity index (χ3n) is 3.46. The maximum Gasteiger partial charge on any atom is 0.120 e. The first-order valence-corrected chi connectivity index (χ1v) is 6.26. The quantitative estimate of drug-likeness (QED) is 0.713. The van der Waals surface area contributed by atoms with Crippen LogP contribution in [0, 0.1) is 0 Å². The van der Waals surface area contributed by atoms with E-state index >= 15 is 0 Å². The van der Waals surface area contributed by atoms with Crippen LogP contribution in [0.25, 0.3) is 0 Å². The molecular weight excluding hydrogens is 214 g/mol. The first kappa shape index (κ1) is 14.0. The molecule has 0 heterocycles. The van der Waals surface area contributed by atoms with Crippen LogP contribution in [0.2, 0.25) is 0 Å². The van der Waals surface area contributed by atoms with Gasteiger partial charge in [0.15, 0.2) is 0 Å². The Morgan fingerprint density at radius 3 is 2.35 bits per heavy atom. The Kier molecular flexibility index (Phi) is 4.97. The normalized spacial score (nSPS) is 13.6. The van der Waals surface area contributed by atoms with Gasteiger partial charge in [0.25, 0.3) is 0 Å². The molecule has 1 rings (SSSR count). The van der Waals surface area contributed by atoms with Crippen molar-refractivity contribution < 1.29 is 10.2 Å². The van der Waals surface area contributed by atoms with E-state index in [2.05, 4.69) is 5.32 Å². The smallest absolute Gasteiger partial charge is 0.120 e. The van der Waals surface area contributed by atoms with Gasteiger partial charge in [-0.15, -0.1) is 0 Å². The number of aliphatic hydroxyl groups is 1. The highest BCUT2D eigenvalue weighted by Crippen LogP contribution is 2.24.